The summed E-state index contributed by atoms with van der Waals surface area (Å²) in [4.78, 5) is 26.2. The molecule has 1 saturated heterocycles. The Balaban J connectivity index is 1.65. The van der Waals surface area contributed by atoms with Crippen LogP contribution >= 0.6 is 0 Å². The van der Waals surface area contributed by atoms with Crippen LogP contribution in [0.25, 0.3) is 0 Å². The van der Waals surface area contributed by atoms with E-state index < -0.39 is 0 Å². The molecular weight excluding hydrogens is 242 g/mol. The zero-order valence-corrected chi connectivity index (χ0v) is 11.4. The molecule has 0 aromatic rings. The van der Waals surface area contributed by atoms with E-state index in [1.807, 2.05) is 0 Å². The third kappa shape index (κ3) is 2.31. The van der Waals surface area contributed by atoms with E-state index in [2.05, 4.69) is 0 Å². The molecule has 0 bridgehead atoms. The Bertz CT molecular complexity index is 379. The van der Waals surface area contributed by atoms with E-state index in [0.717, 1.165) is 51.4 Å². The topological polar surface area (TPSA) is 57.6 Å². The summed E-state index contributed by atoms with van der Waals surface area (Å²) in [5.74, 6) is 0.534. The van der Waals surface area contributed by atoms with Gasteiger partial charge in [-0.2, -0.15) is 0 Å². The molecular formula is C15H23NO3. The van der Waals surface area contributed by atoms with Crippen LogP contribution in [0.15, 0.2) is 0 Å². The average molecular weight is 265 g/mol. The van der Waals surface area contributed by atoms with Gasteiger partial charge in [-0.25, -0.2) is 0 Å². The predicted molar refractivity (Wildman–Crippen MR) is 70.2 cm³/mol. The Labute approximate surface area is 114 Å². The zero-order valence-electron chi connectivity index (χ0n) is 11.4. The lowest BCUT2D eigenvalue weighted by Crippen LogP contribution is -2.39. The molecule has 106 valence electrons. The number of aliphatic hydroxyl groups is 1. The number of hydrogen-bond acceptors (Lipinski definition) is 3. The second-order valence-electron chi connectivity index (χ2n) is 6.65. The first-order chi connectivity index (χ1) is 9.11. The summed E-state index contributed by atoms with van der Waals surface area (Å²) < 4.78 is 0. The Morgan fingerprint density at radius 1 is 1.11 bits per heavy atom. The second-order valence-corrected chi connectivity index (χ2v) is 6.65. The van der Waals surface area contributed by atoms with Crippen LogP contribution in [-0.4, -0.2) is 34.5 Å². The minimum absolute atomic E-state index is 0.0398. The molecule has 2 amide bonds. The minimum Gasteiger partial charge on any atom is -0.393 e. The van der Waals surface area contributed by atoms with Gasteiger partial charge in [0.25, 0.3) is 0 Å². The zero-order chi connectivity index (χ0) is 13.5. The van der Waals surface area contributed by atoms with Crippen LogP contribution in [0.3, 0.4) is 0 Å². The van der Waals surface area contributed by atoms with Crippen molar-refractivity contribution in [2.24, 2.45) is 11.3 Å². The van der Waals surface area contributed by atoms with Crippen LogP contribution in [0.1, 0.15) is 57.8 Å². The smallest absolute Gasteiger partial charge is 0.235 e. The number of carbonyl (C=O) groups excluding carboxylic acids is 2. The van der Waals surface area contributed by atoms with Crippen LogP contribution in [0.4, 0.5) is 0 Å². The van der Waals surface area contributed by atoms with Gasteiger partial charge >= 0.3 is 0 Å². The number of imide groups is 1. The van der Waals surface area contributed by atoms with E-state index in [1.165, 1.54) is 4.90 Å². The molecule has 1 heterocycles. The van der Waals surface area contributed by atoms with Crippen molar-refractivity contribution < 1.29 is 14.7 Å². The van der Waals surface area contributed by atoms with Crippen LogP contribution < -0.4 is 0 Å². The molecule has 0 unspecified atom stereocenters. The molecule has 3 rings (SSSR count). The van der Waals surface area contributed by atoms with Crippen LogP contribution in [0.5, 0.6) is 0 Å². The maximum atomic E-state index is 12.5. The molecule has 4 heteroatoms. The van der Waals surface area contributed by atoms with Crippen molar-refractivity contribution in [3.63, 3.8) is 0 Å². The van der Waals surface area contributed by atoms with Crippen LogP contribution in [0.2, 0.25) is 0 Å². The first-order valence-electron chi connectivity index (χ1n) is 7.64. The number of likely N-dealkylation sites (tertiary alicyclic amines) is 1. The summed E-state index contributed by atoms with van der Waals surface area (Å²) in [7, 11) is 0. The van der Waals surface area contributed by atoms with Gasteiger partial charge in [0.05, 0.1) is 11.5 Å². The SMILES string of the molecule is O=C1CC2(CCCC2)C(=O)N1CC1CCC(O)CC1. The van der Waals surface area contributed by atoms with Gasteiger partial charge in [0.1, 0.15) is 0 Å². The maximum absolute atomic E-state index is 12.5. The van der Waals surface area contributed by atoms with Crippen molar-refractivity contribution in [3.8, 4) is 0 Å². The molecule has 0 aromatic heterocycles. The monoisotopic (exact) mass is 265 g/mol. The normalized spacial score (nSPS) is 34.5. The van der Waals surface area contributed by atoms with Crippen LogP contribution in [-0.2, 0) is 9.59 Å². The molecule has 1 N–H and O–H groups in total. The molecule has 0 atom stereocenters. The fraction of sp³-hybridized carbons (Fsp3) is 0.867. The fourth-order valence-corrected chi connectivity index (χ4v) is 4.07. The first-order valence-corrected chi connectivity index (χ1v) is 7.64. The Hall–Kier alpha value is -0.900. The highest BCUT2D eigenvalue weighted by molar-refractivity contribution is 6.06. The quantitative estimate of drug-likeness (QED) is 0.775. The minimum atomic E-state index is -0.328. The molecule has 3 aliphatic rings. The second kappa shape index (κ2) is 4.89. The van der Waals surface area contributed by atoms with Gasteiger partial charge < -0.3 is 5.11 Å². The average Bonchev–Trinajstić information content (AvgIpc) is 2.94. The number of rotatable bonds is 2. The van der Waals surface area contributed by atoms with Gasteiger partial charge in [0, 0.05) is 13.0 Å². The van der Waals surface area contributed by atoms with Crippen molar-refractivity contribution in [2.75, 3.05) is 6.54 Å². The first kappa shape index (κ1) is 13.1. The molecule has 19 heavy (non-hydrogen) atoms. The lowest BCUT2D eigenvalue weighted by Gasteiger charge is -2.29. The molecule has 1 aliphatic heterocycles. The summed E-state index contributed by atoms with van der Waals surface area (Å²) in [5, 5.41) is 9.51. The van der Waals surface area contributed by atoms with E-state index in [1.54, 1.807) is 0 Å². The number of nitrogens with zero attached hydrogens (tertiary/aromatic N) is 1. The number of amides is 2. The highest BCUT2D eigenvalue weighted by atomic mass is 16.3. The lowest BCUT2D eigenvalue weighted by molar-refractivity contribution is -0.142. The summed E-state index contributed by atoms with van der Waals surface area (Å²) in [5.41, 5.74) is -0.328. The number of aliphatic hydroxyl groups excluding tert-OH is 1. The van der Waals surface area contributed by atoms with Crippen molar-refractivity contribution in [2.45, 2.75) is 63.9 Å². The van der Waals surface area contributed by atoms with Gasteiger partial charge in [-0.15, -0.1) is 0 Å². The highest BCUT2D eigenvalue weighted by Crippen LogP contribution is 2.47. The van der Waals surface area contributed by atoms with E-state index in [-0.39, 0.29) is 23.3 Å². The summed E-state index contributed by atoms with van der Waals surface area (Å²) in [6.45, 7) is 0.589. The molecule has 2 saturated carbocycles. The standard InChI is InChI=1S/C15H23NO3/c17-12-5-3-11(4-6-12)10-16-13(18)9-15(14(16)19)7-1-2-8-15/h11-12,17H,1-10H2. The Morgan fingerprint density at radius 2 is 1.74 bits per heavy atom. The molecule has 3 fully saturated rings. The third-order valence-corrected chi connectivity index (χ3v) is 5.31. The lowest BCUT2D eigenvalue weighted by atomic mass is 9.84. The highest BCUT2D eigenvalue weighted by Gasteiger charge is 2.52. The van der Waals surface area contributed by atoms with Crippen molar-refractivity contribution in [1.82, 2.24) is 4.90 Å². The predicted octanol–water partition coefficient (Wildman–Crippen LogP) is 1.86. The molecule has 1 spiro atoms. The fourth-order valence-electron chi connectivity index (χ4n) is 4.07. The summed E-state index contributed by atoms with van der Waals surface area (Å²) in [6, 6.07) is 0. The third-order valence-electron chi connectivity index (χ3n) is 5.31. The van der Waals surface area contributed by atoms with Gasteiger partial charge in [-0.3, -0.25) is 14.5 Å². The van der Waals surface area contributed by atoms with Gasteiger partial charge in [-0.05, 0) is 44.4 Å². The van der Waals surface area contributed by atoms with Crippen molar-refractivity contribution in [1.29, 1.82) is 0 Å². The summed E-state index contributed by atoms with van der Waals surface area (Å²) in [6.07, 6.45) is 7.73. The number of hydrogen-bond donors (Lipinski definition) is 1. The van der Waals surface area contributed by atoms with Crippen molar-refractivity contribution in [3.05, 3.63) is 0 Å². The molecule has 4 nitrogen and oxygen atoms in total. The van der Waals surface area contributed by atoms with Crippen molar-refractivity contribution >= 4 is 11.8 Å². The van der Waals surface area contributed by atoms with Gasteiger partial charge in [0.15, 0.2) is 0 Å². The maximum Gasteiger partial charge on any atom is 0.235 e. The van der Waals surface area contributed by atoms with Gasteiger partial charge in [0.2, 0.25) is 11.8 Å². The van der Waals surface area contributed by atoms with E-state index >= 15 is 0 Å². The van der Waals surface area contributed by atoms with E-state index in [4.69, 9.17) is 0 Å². The largest absolute Gasteiger partial charge is 0.393 e. The molecule has 0 aromatic carbocycles. The Morgan fingerprint density at radius 3 is 2.37 bits per heavy atom. The Kier molecular flexibility index (Phi) is 3.37. The molecule has 0 radical (unpaired) electrons. The van der Waals surface area contributed by atoms with E-state index in [9.17, 15) is 14.7 Å². The number of carbonyl (C=O) groups is 2. The van der Waals surface area contributed by atoms with Gasteiger partial charge in [-0.1, -0.05) is 12.8 Å². The molecule has 2 aliphatic carbocycles. The van der Waals surface area contributed by atoms with Crippen LogP contribution in [0, 0.1) is 11.3 Å². The summed E-state index contributed by atoms with van der Waals surface area (Å²) >= 11 is 0. The van der Waals surface area contributed by atoms with E-state index in [0.29, 0.717) is 18.9 Å².